The third-order valence-corrected chi connectivity index (χ3v) is 3.69. The molecule has 0 bridgehead atoms. The van der Waals surface area contributed by atoms with Crippen LogP contribution in [-0.4, -0.2) is 6.54 Å². The van der Waals surface area contributed by atoms with E-state index in [-0.39, 0.29) is 6.04 Å². The average molecular weight is 274 g/mol. The van der Waals surface area contributed by atoms with Crippen molar-refractivity contribution in [1.29, 1.82) is 0 Å². The molecular weight excluding hydrogens is 254 g/mol. The average Bonchev–Trinajstić information content (AvgIpc) is 2.45. The van der Waals surface area contributed by atoms with Gasteiger partial charge in [0, 0.05) is 17.0 Å². The maximum Gasteiger partial charge on any atom is 0.0409 e. The van der Waals surface area contributed by atoms with Crippen LogP contribution in [0, 0.1) is 0 Å². The molecule has 0 aliphatic heterocycles. The molecule has 2 aromatic carbocycles. The van der Waals surface area contributed by atoms with Crippen LogP contribution in [0.3, 0.4) is 0 Å². The number of halogens is 1. The lowest BCUT2D eigenvalue weighted by Gasteiger charge is -2.26. The number of hydrogen-bond acceptors (Lipinski definition) is 1. The Balaban J connectivity index is 2.30. The molecule has 0 aromatic heterocycles. The minimum Gasteiger partial charge on any atom is -0.310 e. The van der Waals surface area contributed by atoms with Gasteiger partial charge in [0.25, 0.3) is 0 Å². The maximum atomic E-state index is 6.11. The molecule has 0 fully saturated rings. The molecule has 2 heteroatoms. The van der Waals surface area contributed by atoms with Gasteiger partial charge in [0.15, 0.2) is 0 Å². The SMILES string of the molecule is CCNC(c1cccc(Cl)c1)C(C)c1ccccc1. The Morgan fingerprint density at radius 2 is 1.68 bits per heavy atom. The molecule has 1 N–H and O–H groups in total. The second-order valence-corrected chi connectivity index (χ2v) is 5.23. The summed E-state index contributed by atoms with van der Waals surface area (Å²) in [7, 11) is 0. The lowest BCUT2D eigenvalue weighted by molar-refractivity contribution is 0.479. The van der Waals surface area contributed by atoms with E-state index in [0.717, 1.165) is 11.6 Å². The normalized spacial score (nSPS) is 14.1. The predicted octanol–water partition coefficient (Wildman–Crippen LogP) is 4.79. The fourth-order valence-electron chi connectivity index (χ4n) is 2.45. The van der Waals surface area contributed by atoms with Crippen LogP contribution >= 0.6 is 11.6 Å². The van der Waals surface area contributed by atoms with E-state index >= 15 is 0 Å². The van der Waals surface area contributed by atoms with E-state index in [1.807, 2.05) is 18.2 Å². The fourth-order valence-corrected chi connectivity index (χ4v) is 2.65. The van der Waals surface area contributed by atoms with Crippen LogP contribution in [0.15, 0.2) is 54.6 Å². The van der Waals surface area contributed by atoms with Crippen molar-refractivity contribution in [1.82, 2.24) is 5.32 Å². The van der Waals surface area contributed by atoms with Gasteiger partial charge in [0.05, 0.1) is 0 Å². The molecule has 2 rings (SSSR count). The summed E-state index contributed by atoms with van der Waals surface area (Å²) < 4.78 is 0. The van der Waals surface area contributed by atoms with Crippen molar-refractivity contribution >= 4 is 11.6 Å². The summed E-state index contributed by atoms with van der Waals surface area (Å²) in [5.74, 6) is 0.402. The molecule has 0 aliphatic rings. The Bertz CT molecular complexity index is 510. The summed E-state index contributed by atoms with van der Waals surface area (Å²) in [4.78, 5) is 0. The van der Waals surface area contributed by atoms with Crippen molar-refractivity contribution in [3.8, 4) is 0 Å². The van der Waals surface area contributed by atoms with E-state index < -0.39 is 0 Å². The van der Waals surface area contributed by atoms with Gasteiger partial charge in [-0.15, -0.1) is 0 Å². The molecule has 0 amide bonds. The molecule has 0 heterocycles. The molecule has 2 unspecified atom stereocenters. The molecule has 0 spiro atoms. The Morgan fingerprint density at radius 3 is 2.32 bits per heavy atom. The predicted molar refractivity (Wildman–Crippen MR) is 82.7 cm³/mol. The molecule has 2 aromatic rings. The largest absolute Gasteiger partial charge is 0.310 e. The number of rotatable bonds is 5. The molecule has 0 radical (unpaired) electrons. The van der Waals surface area contributed by atoms with Gasteiger partial charge in [0.2, 0.25) is 0 Å². The lowest BCUT2D eigenvalue weighted by atomic mass is 9.88. The lowest BCUT2D eigenvalue weighted by Crippen LogP contribution is -2.25. The third-order valence-electron chi connectivity index (χ3n) is 3.46. The van der Waals surface area contributed by atoms with Crippen LogP contribution in [-0.2, 0) is 0 Å². The van der Waals surface area contributed by atoms with Gasteiger partial charge in [-0.05, 0) is 29.8 Å². The molecule has 0 saturated heterocycles. The van der Waals surface area contributed by atoms with Gasteiger partial charge in [-0.2, -0.15) is 0 Å². The number of benzene rings is 2. The van der Waals surface area contributed by atoms with Crippen molar-refractivity contribution in [2.24, 2.45) is 0 Å². The first-order valence-corrected chi connectivity index (χ1v) is 7.14. The van der Waals surface area contributed by atoms with Crippen LogP contribution in [0.2, 0.25) is 5.02 Å². The first-order chi connectivity index (χ1) is 9.22. The minimum absolute atomic E-state index is 0.283. The monoisotopic (exact) mass is 273 g/mol. The molecule has 2 atom stereocenters. The minimum atomic E-state index is 0.283. The topological polar surface area (TPSA) is 12.0 Å². The van der Waals surface area contributed by atoms with Gasteiger partial charge < -0.3 is 5.32 Å². The van der Waals surface area contributed by atoms with Crippen LogP contribution in [0.1, 0.15) is 36.9 Å². The highest BCUT2D eigenvalue weighted by Gasteiger charge is 2.19. The molecule has 0 aliphatic carbocycles. The van der Waals surface area contributed by atoms with Crippen LogP contribution < -0.4 is 5.32 Å². The first-order valence-electron chi connectivity index (χ1n) is 6.76. The van der Waals surface area contributed by atoms with E-state index in [0.29, 0.717) is 5.92 Å². The van der Waals surface area contributed by atoms with Crippen molar-refractivity contribution in [2.45, 2.75) is 25.8 Å². The van der Waals surface area contributed by atoms with Crippen molar-refractivity contribution in [2.75, 3.05) is 6.54 Å². The van der Waals surface area contributed by atoms with E-state index in [1.54, 1.807) is 0 Å². The molecule has 100 valence electrons. The Labute approximate surface area is 120 Å². The third kappa shape index (κ3) is 3.59. The number of likely N-dealkylation sites (N-methyl/N-ethyl adjacent to an activating group) is 1. The van der Waals surface area contributed by atoms with Crippen molar-refractivity contribution in [3.63, 3.8) is 0 Å². The van der Waals surface area contributed by atoms with Gasteiger partial charge >= 0.3 is 0 Å². The van der Waals surface area contributed by atoms with Crippen molar-refractivity contribution in [3.05, 3.63) is 70.7 Å². The van der Waals surface area contributed by atoms with Gasteiger partial charge in [-0.3, -0.25) is 0 Å². The Morgan fingerprint density at radius 1 is 1.00 bits per heavy atom. The summed E-state index contributed by atoms with van der Waals surface area (Å²) in [6.45, 7) is 5.33. The summed E-state index contributed by atoms with van der Waals surface area (Å²) in [5, 5.41) is 4.36. The summed E-state index contributed by atoms with van der Waals surface area (Å²) in [5.41, 5.74) is 2.58. The fraction of sp³-hybridized carbons (Fsp3) is 0.294. The summed E-state index contributed by atoms with van der Waals surface area (Å²) >= 11 is 6.11. The zero-order valence-corrected chi connectivity index (χ0v) is 12.2. The zero-order valence-electron chi connectivity index (χ0n) is 11.4. The van der Waals surface area contributed by atoms with Gasteiger partial charge in [0.1, 0.15) is 0 Å². The van der Waals surface area contributed by atoms with E-state index in [2.05, 4.69) is 55.6 Å². The van der Waals surface area contributed by atoms with Gasteiger partial charge in [-0.1, -0.05) is 67.9 Å². The van der Waals surface area contributed by atoms with E-state index in [4.69, 9.17) is 11.6 Å². The quantitative estimate of drug-likeness (QED) is 0.826. The van der Waals surface area contributed by atoms with Crippen LogP contribution in [0.25, 0.3) is 0 Å². The smallest absolute Gasteiger partial charge is 0.0409 e. The number of hydrogen-bond donors (Lipinski definition) is 1. The summed E-state index contributed by atoms with van der Waals surface area (Å²) in [6.07, 6.45) is 0. The van der Waals surface area contributed by atoms with E-state index in [1.165, 1.54) is 11.1 Å². The highest BCUT2D eigenvalue weighted by molar-refractivity contribution is 6.30. The second kappa shape index (κ2) is 6.74. The summed E-state index contributed by atoms with van der Waals surface area (Å²) in [6, 6.07) is 19.0. The number of nitrogens with one attached hydrogen (secondary N) is 1. The van der Waals surface area contributed by atoms with E-state index in [9.17, 15) is 0 Å². The molecular formula is C17H20ClN. The van der Waals surface area contributed by atoms with Crippen LogP contribution in [0.4, 0.5) is 0 Å². The molecule has 0 saturated carbocycles. The highest BCUT2D eigenvalue weighted by Crippen LogP contribution is 2.31. The van der Waals surface area contributed by atoms with Gasteiger partial charge in [-0.25, -0.2) is 0 Å². The first kappa shape index (κ1) is 14.1. The second-order valence-electron chi connectivity index (χ2n) is 4.79. The molecule has 19 heavy (non-hydrogen) atoms. The van der Waals surface area contributed by atoms with Crippen LogP contribution in [0.5, 0.6) is 0 Å². The standard InChI is InChI=1S/C17H20ClN/c1-3-19-17(15-10-7-11-16(18)12-15)13(2)14-8-5-4-6-9-14/h4-13,17,19H,3H2,1-2H3. The Hall–Kier alpha value is -1.31. The zero-order chi connectivity index (χ0) is 13.7. The highest BCUT2D eigenvalue weighted by atomic mass is 35.5. The molecule has 1 nitrogen and oxygen atoms in total. The van der Waals surface area contributed by atoms with Crippen molar-refractivity contribution < 1.29 is 0 Å². The maximum absolute atomic E-state index is 6.11. The Kier molecular flexibility index (Phi) is 5.00.